The van der Waals surface area contributed by atoms with E-state index in [0.29, 0.717) is 0 Å². The van der Waals surface area contributed by atoms with Crippen molar-refractivity contribution in [2.24, 2.45) is 0 Å². The third-order valence-electron chi connectivity index (χ3n) is 0. The summed E-state index contributed by atoms with van der Waals surface area (Å²) >= 11 is 0. The van der Waals surface area contributed by atoms with E-state index in [0.717, 1.165) is 20.8 Å². The van der Waals surface area contributed by atoms with Crippen molar-refractivity contribution in [1.29, 1.82) is 0 Å². The number of carbonyl (C=O) groups is 3. The minimum absolute atomic E-state index is 0. The largest absolute Gasteiger partial charge is 2.00 e. The Morgan fingerprint density at radius 2 is 0.923 bits per heavy atom. The number of rotatable bonds is 0. The monoisotopic (exact) mass is 316 g/mol. The zero-order chi connectivity index (χ0) is 10.7. The Hall–Kier alpha value is -0.0186. The molecule has 0 aromatic heterocycles. The van der Waals surface area contributed by atoms with Gasteiger partial charge in [0.05, 0.1) is 0 Å². The molecule has 0 fully saturated rings. The summed E-state index contributed by atoms with van der Waals surface area (Å²) in [4.78, 5) is 26.8. The number of aliphatic carboxylic acids is 3. The van der Waals surface area contributed by atoms with E-state index in [1.54, 1.807) is 0 Å². The molecule has 0 bridgehead atoms. The second kappa shape index (κ2) is 17.9. The molecule has 0 aromatic rings. The topological polar surface area (TPSA) is 118 Å². The Morgan fingerprint density at radius 3 is 0.923 bits per heavy atom. The Labute approximate surface area is 116 Å². The van der Waals surface area contributed by atoms with Crippen molar-refractivity contribution in [1.82, 2.24) is 0 Å². The van der Waals surface area contributed by atoms with Crippen molar-refractivity contribution >= 4 is 66.8 Å². The predicted molar refractivity (Wildman–Crippen MR) is 40.4 cm³/mol. The summed E-state index contributed by atoms with van der Waals surface area (Å²) in [5.74, 6) is -3.00. The molecule has 0 aliphatic heterocycles. The van der Waals surface area contributed by atoms with E-state index in [1.807, 2.05) is 0 Å². The minimum Gasteiger partial charge on any atom is -0.550 e. The normalized spacial score (nSPS) is 5.77. The third kappa shape index (κ3) is 3460000. The summed E-state index contributed by atoms with van der Waals surface area (Å²) in [7, 11) is 0. The molecule has 0 atom stereocenters. The van der Waals surface area contributed by atoms with Crippen molar-refractivity contribution in [2.75, 3.05) is 0 Å². The van der Waals surface area contributed by atoms with Crippen molar-refractivity contribution in [3.8, 4) is 0 Å². The van der Waals surface area contributed by atoms with Crippen LogP contribution in [0.3, 0.4) is 0 Å². The van der Waals surface area contributed by atoms with E-state index < -0.39 is 17.9 Å². The molecule has 0 aliphatic rings. The molecule has 0 rings (SSSR count). The van der Waals surface area contributed by atoms with Crippen molar-refractivity contribution in [2.45, 2.75) is 20.8 Å². The molecule has 0 unspecified atom stereocenters. The minimum atomic E-state index is -1.08. The number of hydrogen-bond acceptors (Lipinski definition) is 5. The van der Waals surface area contributed by atoms with Crippen molar-refractivity contribution < 1.29 is 29.7 Å². The number of hydrogen-bond donors (Lipinski definition) is 1. The Morgan fingerprint density at radius 1 is 0.923 bits per heavy atom. The molecular formula is C6H10BaO6. The molecule has 0 aliphatic carbocycles. The molecule has 0 aromatic carbocycles. The quantitative estimate of drug-likeness (QED) is 0.483. The summed E-state index contributed by atoms with van der Waals surface area (Å²) in [5, 5.41) is 25.2. The van der Waals surface area contributed by atoms with Crippen LogP contribution in [-0.4, -0.2) is 71.9 Å². The van der Waals surface area contributed by atoms with Crippen LogP contribution in [0.15, 0.2) is 0 Å². The molecular weight excluding hydrogens is 305 g/mol. The first-order valence-electron chi connectivity index (χ1n) is 2.74. The van der Waals surface area contributed by atoms with E-state index in [1.165, 1.54) is 0 Å². The van der Waals surface area contributed by atoms with Crippen LogP contribution in [0.25, 0.3) is 0 Å². The van der Waals surface area contributed by atoms with Gasteiger partial charge in [-0.1, -0.05) is 0 Å². The van der Waals surface area contributed by atoms with Gasteiger partial charge < -0.3 is 24.9 Å². The van der Waals surface area contributed by atoms with Crippen molar-refractivity contribution in [3.63, 3.8) is 0 Å². The van der Waals surface area contributed by atoms with Gasteiger partial charge in [-0.25, -0.2) is 0 Å². The zero-order valence-corrected chi connectivity index (χ0v) is 12.1. The van der Waals surface area contributed by atoms with Crippen LogP contribution in [0.4, 0.5) is 0 Å². The van der Waals surface area contributed by atoms with Crippen LogP contribution in [0.5, 0.6) is 0 Å². The summed E-state index contributed by atoms with van der Waals surface area (Å²) in [6, 6.07) is 0. The van der Waals surface area contributed by atoms with Crippen LogP contribution >= 0.6 is 0 Å². The Balaban J connectivity index is -0.0000000450. The van der Waals surface area contributed by atoms with Gasteiger partial charge in [0.15, 0.2) is 0 Å². The molecule has 7 heteroatoms. The number of carbonyl (C=O) groups excluding carboxylic acids is 2. The molecule has 0 spiro atoms. The second-order valence-electron chi connectivity index (χ2n) is 1.50. The van der Waals surface area contributed by atoms with Gasteiger partial charge in [-0.15, -0.1) is 0 Å². The molecule has 72 valence electrons. The fourth-order valence-electron chi connectivity index (χ4n) is 0. The standard InChI is InChI=1S/3C2H4O2.Ba/c3*1-2(3)4;/h3*1H3,(H,3,4);/q;;;+2/p-2. The summed E-state index contributed by atoms with van der Waals surface area (Å²) < 4.78 is 0. The average Bonchev–Trinajstić information content (AvgIpc) is 1.54. The van der Waals surface area contributed by atoms with E-state index in [-0.39, 0.29) is 48.9 Å². The van der Waals surface area contributed by atoms with Gasteiger partial charge >= 0.3 is 48.9 Å². The third-order valence-corrected chi connectivity index (χ3v) is 0. The molecule has 0 amide bonds. The van der Waals surface area contributed by atoms with E-state index in [2.05, 4.69) is 0 Å². The maximum Gasteiger partial charge on any atom is 2.00 e. The first-order chi connectivity index (χ1) is 5.20. The Kier molecular flexibility index (Phi) is 31.8. The average molecular weight is 315 g/mol. The van der Waals surface area contributed by atoms with Gasteiger partial charge in [-0.3, -0.25) is 4.79 Å². The van der Waals surface area contributed by atoms with Gasteiger partial charge in [0, 0.05) is 18.9 Å². The van der Waals surface area contributed by atoms with E-state index in [9.17, 15) is 0 Å². The molecule has 13 heavy (non-hydrogen) atoms. The predicted octanol–water partition coefficient (Wildman–Crippen LogP) is -2.78. The van der Waals surface area contributed by atoms with Crippen LogP contribution < -0.4 is 10.2 Å². The summed E-state index contributed by atoms with van der Waals surface area (Å²) in [6.45, 7) is 3.03. The first-order valence-corrected chi connectivity index (χ1v) is 2.74. The van der Waals surface area contributed by atoms with E-state index >= 15 is 0 Å². The molecule has 6 nitrogen and oxygen atoms in total. The Bertz CT molecular complexity index is 115. The zero-order valence-electron chi connectivity index (χ0n) is 7.70. The molecule has 0 saturated heterocycles. The van der Waals surface area contributed by atoms with Gasteiger partial charge in [0.2, 0.25) is 0 Å². The molecule has 1 N–H and O–H groups in total. The molecule has 0 saturated carbocycles. The summed E-state index contributed by atoms with van der Waals surface area (Å²) in [6.07, 6.45) is 0. The fraction of sp³-hybridized carbons (Fsp3) is 0.500. The van der Waals surface area contributed by atoms with Crippen LogP contribution in [0.2, 0.25) is 0 Å². The molecule has 0 heterocycles. The number of carboxylic acid groups (broad SMARTS) is 3. The van der Waals surface area contributed by atoms with Gasteiger partial charge in [-0.2, -0.15) is 0 Å². The van der Waals surface area contributed by atoms with E-state index in [4.69, 9.17) is 29.7 Å². The van der Waals surface area contributed by atoms with Crippen LogP contribution in [-0.2, 0) is 14.4 Å². The summed E-state index contributed by atoms with van der Waals surface area (Å²) in [5.41, 5.74) is 0. The smallest absolute Gasteiger partial charge is 0.550 e. The van der Waals surface area contributed by atoms with Gasteiger partial charge in [0.25, 0.3) is 5.97 Å². The second-order valence-corrected chi connectivity index (χ2v) is 1.50. The molecule has 0 radical (unpaired) electrons. The number of carboxylic acids is 3. The first kappa shape index (κ1) is 23.1. The maximum atomic E-state index is 9.00. The van der Waals surface area contributed by atoms with Crippen LogP contribution in [0.1, 0.15) is 20.8 Å². The SMILES string of the molecule is CC(=O)O.CC(=O)[O-].CC(=O)[O-].[Ba+2]. The van der Waals surface area contributed by atoms with Crippen LogP contribution in [0, 0.1) is 0 Å². The van der Waals surface area contributed by atoms with Crippen molar-refractivity contribution in [3.05, 3.63) is 0 Å². The maximum absolute atomic E-state index is 9.00. The van der Waals surface area contributed by atoms with Gasteiger partial charge in [0.1, 0.15) is 0 Å². The fourth-order valence-corrected chi connectivity index (χ4v) is 0. The van der Waals surface area contributed by atoms with Gasteiger partial charge in [-0.05, 0) is 13.8 Å².